The van der Waals surface area contributed by atoms with Gasteiger partial charge in [-0.25, -0.2) is 0 Å². The molecule has 0 N–H and O–H groups in total. The van der Waals surface area contributed by atoms with Gasteiger partial charge in [-0.2, -0.15) is 5.10 Å². The monoisotopic (exact) mass is 312 g/mol. The number of nitrogens with zero attached hydrogens (tertiary/aromatic N) is 4. The second-order valence-corrected chi connectivity index (χ2v) is 6.27. The molecule has 1 aliphatic heterocycles. The highest BCUT2D eigenvalue weighted by molar-refractivity contribution is 5.78. The molecule has 1 aromatic heterocycles. The molecule has 3 rings (SSSR count). The fourth-order valence-corrected chi connectivity index (χ4v) is 3.25. The van der Waals surface area contributed by atoms with Crippen LogP contribution in [0, 0.1) is 0 Å². The lowest BCUT2D eigenvalue weighted by atomic mass is 10.2. The van der Waals surface area contributed by atoms with Gasteiger partial charge in [0, 0.05) is 25.5 Å². The van der Waals surface area contributed by atoms with E-state index in [4.69, 9.17) is 0 Å². The number of likely N-dealkylation sites (tertiary alicyclic amines) is 1. The third kappa shape index (κ3) is 4.20. The highest BCUT2D eigenvalue weighted by Crippen LogP contribution is 2.19. The van der Waals surface area contributed by atoms with Gasteiger partial charge in [-0.05, 0) is 31.5 Å². The van der Waals surface area contributed by atoms with Crippen LogP contribution in [0.1, 0.15) is 18.4 Å². The van der Waals surface area contributed by atoms with E-state index in [-0.39, 0.29) is 11.9 Å². The minimum atomic E-state index is 0.220. The Balaban J connectivity index is 1.54. The zero-order chi connectivity index (χ0) is 16.1. The third-order valence-corrected chi connectivity index (χ3v) is 4.35. The van der Waals surface area contributed by atoms with E-state index >= 15 is 0 Å². The lowest BCUT2D eigenvalue weighted by Crippen LogP contribution is -2.43. The summed E-state index contributed by atoms with van der Waals surface area (Å²) >= 11 is 0. The first-order valence-corrected chi connectivity index (χ1v) is 8.22. The summed E-state index contributed by atoms with van der Waals surface area (Å²) in [5.74, 6) is 0.220. The van der Waals surface area contributed by atoms with Crippen molar-refractivity contribution in [2.45, 2.75) is 32.0 Å². The Labute approximate surface area is 137 Å². The minimum absolute atomic E-state index is 0.220. The molecule has 0 bridgehead atoms. The minimum Gasteiger partial charge on any atom is -0.337 e. The largest absolute Gasteiger partial charge is 0.337 e. The number of amides is 1. The maximum atomic E-state index is 12.6. The lowest BCUT2D eigenvalue weighted by Gasteiger charge is -2.27. The summed E-state index contributed by atoms with van der Waals surface area (Å²) < 4.78 is 1.92. The van der Waals surface area contributed by atoms with Gasteiger partial charge in [0.25, 0.3) is 0 Å². The van der Waals surface area contributed by atoms with E-state index in [1.165, 1.54) is 5.56 Å². The van der Waals surface area contributed by atoms with Gasteiger partial charge in [-0.1, -0.05) is 30.3 Å². The number of hydrogen-bond acceptors (Lipinski definition) is 3. The molecule has 0 radical (unpaired) electrons. The van der Waals surface area contributed by atoms with Crippen molar-refractivity contribution in [3.8, 4) is 0 Å². The van der Waals surface area contributed by atoms with E-state index in [1.54, 1.807) is 6.20 Å². The summed E-state index contributed by atoms with van der Waals surface area (Å²) in [6.07, 6.45) is 5.89. The molecule has 0 saturated carbocycles. The maximum absolute atomic E-state index is 12.6. The first-order chi connectivity index (χ1) is 11.2. The van der Waals surface area contributed by atoms with Gasteiger partial charge in [0.15, 0.2) is 0 Å². The van der Waals surface area contributed by atoms with Crippen molar-refractivity contribution in [1.82, 2.24) is 19.6 Å². The normalized spacial score (nSPS) is 17.8. The molecule has 1 saturated heterocycles. The van der Waals surface area contributed by atoms with Crippen LogP contribution in [0.25, 0.3) is 0 Å². The topological polar surface area (TPSA) is 41.4 Å². The van der Waals surface area contributed by atoms with Crippen LogP contribution in [0.5, 0.6) is 0 Å². The first-order valence-electron chi connectivity index (χ1n) is 8.22. The van der Waals surface area contributed by atoms with Gasteiger partial charge in [0.2, 0.25) is 5.91 Å². The fraction of sp³-hybridized carbons (Fsp3) is 0.444. The molecule has 122 valence electrons. The molecule has 1 amide bonds. The molecule has 0 unspecified atom stereocenters. The van der Waals surface area contributed by atoms with Crippen LogP contribution >= 0.6 is 0 Å². The fourth-order valence-electron chi connectivity index (χ4n) is 3.25. The van der Waals surface area contributed by atoms with E-state index < -0.39 is 0 Å². The molecule has 0 spiro atoms. The average Bonchev–Trinajstić information content (AvgIpc) is 3.20. The Hall–Kier alpha value is -2.14. The Morgan fingerprint density at radius 2 is 2.13 bits per heavy atom. The lowest BCUT2D eigenvalue weighted by molar-refractivity contribution is -0.133. The van der Waals surface area contributed by atoms with Gasteiger partial charge < -0.3 is 4.90 Å². The van der Waals surface area contributed by atoms with Gasteiger partial charge in [-0.3, -0.25) is 14.4 Å². The Morgan fingerprint density at radius 3 is 2.87 bits per heavy atom. The second kappa shape index (κ2) is 7.42. The van der Waals surface area contributed by atoms with Crippen molar-refractivity contribution < 1.29 is 4.79 Å². The Kier molecular flexibility index (Phi) is 5.08. The van der Waals surface area contributed by atoms with Crippen molar-refractivity contribution >= 4 is 5.91 Å². The van der Waals surface area contributed by atoms with Gasteiger partial charge in [0.1, 0.15) is 0 Å². The molecule has 1 atom stereocenters. The molecule has 1 aliphatic rings. The molecule has 5 heteroatoms. The third-order valence-electron chi connectivity index (χ3n) is 4.35. The summed E-state index contributed by atoms with van der Waals surface area (Å²) in [5.41, 5.74) is 1.23. The molecule has 23 heavy (non-hydrogen) atoms. The highest BCUT2D eigenvalue weighted by atomic mass is 16.2. The Morgan fingerprint density at radius 1 is 1.30 bits per heavy atom. The van der Waals surface area contributed by atoms with E-state index in [0.29, 0.717) is 6.54 Å². The number of rotatable bonds is 6. The van der Waals surface area contributed by atoms with Gasteiger partial charge in [-0.15, -0.1) is 0 Å². The highest BCUT2D eigenvalue weighted by Gasteiger charge is 2.29. The number of benzene rings is 1. The number of carbonyl (C=O) groups is 1. The molecule has 1 fully saturated rings. The molecule has 1 aromatic carbocycles. The van der Waals surface area contributed by atoms with Crippen LogP contribution in [0.4, 0.5) is 0 Å². The number of hydrogen-bond donors (Lipinski definition) is 0. The number of likely N-dealkylation sites (N-methyl/N-ethyl adjacent to an activating group) is 1. The number of carbonyl (C=O) groups excluding carboxylic acids is 1. The van der Waals surface area contributed by atoms with Crippen molar-refractivity contribution in [1.29, 1.82) is 0 Å². The predicted molar refractivity (Wildman–Crippen MR) is 89.7 cm³/mol. The van der Waals surface area contributed by atoms with E-state index in [2.05, 4.69) is 22.1 Å². The molecule has 2 aromatic rings. The molecular weight excluding hydrogens is 288 g/mol. The number of aromatic nitrogens is 2. The smallest absolute Gasteiger partial charge is 0.237 e. The summed E-state index contributed by atoms with van der Waals surface area (Å²) in [5, 5.41) is 4.26. The summed E-state index contributed by atoms with van der Waals surface area (Å²) in [6, 6.07) is 12.5. The van der Waals surface area contributed by atoms with E-state index in [0.717, 1.165) is 32.5 Å². The SMILES string of the molecule is CN(CC(=O)N1CCC[C@@H]1Cn1cccn1)Cc1ccccc1. The van der Waals surface area contributed by atoms with Crippen LogP contribution in [-0.2, 0) is 17.9 Å². The molecular formula is C18H24N4O. The van der Waals surface area contributed by atoms with Crippen molar-refractivity contribution in [2.24, 2.45) is 0 Å². The average molecular weight is 312 g/mol. The van der Waals surface area contributed by atoms with Crippen LogP contribution in [0.3, 0.4) is 0 Å². The Bertz CT molecular complexity index is 611. The van der Waals surface area contributed by atoms with Crippen LogP contribution in [0.15, 0.2) is 48.8 Å². The predicted octanol–water partition coefficient (Wildman–Crippen LogP) is 2.01. The van der Waals surface area contributed by atoms with Crippen molar-refractivity contribution in [2.75, 3.05) is 20.1 Å². The van der Waals surface area contributed by atoms with Crippen molar-refractivity contribution in [3.05, 3.63) is 54.4 Å². The van der Waals surface area contributed by atoms with Crippen LogP contribution in [-0.4, -0.2) is 51.7 Å². The zero-order valence-electron chi connectivity index (χ0n) is 13.6. The maximum Gasteiger partial charge on any atom is 0.237 e. The first kappa shape index (κ1) is 15.7. The summed E-state index contributed by atoms with van der Waals surface area (Å²) in [6.45, 7) is 2.92. The molecule has 2 heterocycles. The standard InChI is InChI=1S/C18H24N4O/c1-20(13-16-7-3-2-4-8-16)15-18(23)22-12-5-9-17(22)14-21-11-6-10-19-21/h2-4,6-8,10-11,17H,5,9,12-15H2,1H3/t17-/m1/s1. The quantitative estimate of drug-likeness (QED) is 0.819. The van der Waals surface area contributed by atoms with Gasteiger partial charge in [0.05, 0.1) is 19.1 Å². The van der Waals surface area contributed by atoms with Crippen LogP contribution < -0.4 is 0 Å². The van der Waals surface area contributed by atoms with Crippen molar-refractivity contribution in [3.63, 3.8) is 0 Å². The van der Waals surface area contributed by atoms with E-state index in [1.807, 2.05) is 47.1 Å². The molecule has 5 nitrogen and oxygen atoms in total. The summed E-state index contributed by atoms with van der Waals surface area (Å²) in [4.78, 5) is 16.8. The van der Waals surface area contributed by atoms with E-state index in [9.17, 15) is 4.79 Å². The summed E-state index contributed by atoms with van der Waals surface area (Å²) in [7, 11) is 2.00. The van der Waals surface area contributed by atoms with Gasteiger partial charge >= 0.3 is 0 Å². The molecule has 0 aliphatic carbocycles. The second-order valence-electron chi connectivity index (χ2n) is 6.27. The zero-order valence-corrected chi connectivity index (χ0v) is 13.6. The van der Waals surface area contributed by atoms with Crippen LogP contribution in [0.2, 0.25) is 0 Å².